The number of fused-ring (bicyclic) bond motifs is 1. The molecule has 0 aliphatic heterocycles. The van der Waals surface area contributed by atoms with Crippen molar-refractivity contribution < 1.29 is 9.47 Å². The van der Waals surface area contributed by atoms with Gasteiger partial charge in [-0.05, 0) is 19.1 Å². The Hall–Kier alpha value is -2.74. The van der Waals surface area contributed by atoms with Gasteiger partial charge in [0.15, 0.2) is 22.4 Å². The van der Waals surface area contributed by atoms with Gasteiger partial charge >= 0.3 is 0 Å². The van der Waals surface area contributed by atoms with E-state index in [1.54, 1.807) is 25.5 Å². The summed E-state index contributed by atoms with van der Waals surface area (Å²) < 4.78 is 12.9. The van der Waals surface area contributed by atoms with E-state index in [2.05, 4.69) is 20.6 Å². The first-order valence-electron chi connectivity index (χ1n) is 7.93. The molecular formula is C17H21N5O2S. The van der Waals surface area contributed by atoms with E-state index in [1.165, 1.54) is 0 Å². The number of hydrogen-bond acceptors (Lipinski definition) is 5. The fourth-order valence-corrected chi connectivity index (χ4v) is 3.09. The summed E-state index contributed by atoms with van der Waals surface area (Å²) in [4.78, 5) is 9.77. The zero-order valence-electron chi connectivity index (χ0n) is 14.4. The molecule has 3 rings (SSSR count). The number of guanidine groups is 1. The number of thiazole rings is 1. The van der Waals surface area contributed by atoms with E-state index in [1.807, 2.05) is 47.3 Å². The molecule has 7 nitrogen and oxygen atoms in total. The largest absolute Gasteiger partial charge is 0.493 e. The maximum Gasteiger partial charge on any atom is 0.195 e. The molecule has 0 spiro atoms. The number of rotatable bonds is 6. The van der Waals surface area contributed by atoms with Gasteiger partial charge in [0.05, 0.1) is 26.0 Å². The monoisotopic (exact) mass is 359 g/mol. The second-order valence-corrected chi connectivity index (χ2v) is 6.05. The van der Waals surface area contributed by atoms with Crippen LogP contribution in [0.3, 0.4) is 0 Å². The van der Waals surface area contributed by atoms with Gasteiger partial charge in [0.25, 0.3) is 0 Å². The summed E-state index contributed by atoms with van der Waals surface area (Å²) in [6, 6.07) is 5.68. The summed E-state index contributed by atoms with van der Waals surface area (Å²) in [6.45, 7) is 3.12. The van der Waals surface area contributed by atoms with Crippen LogP contribution in [0, 0.1) is 0 Å². The quantitative estimate of drug-likeness (QED) is 0.523. The second-order valence-electron chi connectivity index (χ2n) is 5.17. The van der Waals surface area contributed by atoms with Crippen molar-refractivity contribution in [3.8, 4) is 11.5 Å². The molecule has 0 unspecified atom stereocenters. The molecule has 2 heterocycles. The predicted octanol–water partition coefficient (Wildman–Crippen LogP) is 2.99. The van der Waals surface area contributed by atoms with E-state index in [9.17, 15) is 0 Å². The molecule has 2 aromatic heterocycles. The number of imidazole rings is 1. The highest BCUT2D eigenvalue weighted by Gasteiger charge is 2.08. The van der Waals surface area contributed by atoms with Crippen LogP contribution in [-0.2, 0) is 6.54 Å². The molecule has 25 heavy (non-hydrogen) atoms. The molecule has 0 amide bonds. The Bertz CT molecular complexity index is 842. The number of benzene rings is 1. The SMILES string of the molecule is CCOc1ccc(NC(=NC)NCc2cn3ccsc3n2)cc1OC. The van der Waals surface area contributed by atoms with Crippen molar-refractivity contribution in [2.24, 2.45) is 4.99 Å². The van der Waals surface area contributed by atoms with Crippen LogP contribution in [0.1, 0.15) is 12.6 Å². The van der Waals surface area contributed by atoms with Crippen LogP contribution >= 0.6 is 11.3 Å². The lowest BCUT2D eigenvalue weighted by atomic mass is 10.2. The first kappa shape index (κ1) is 17.1. The van der Waals surface area contributed by atoms with Crippen molar-refractivity contribution in [3.63, 3.8) is 0 Å². The highest BCUT2D eigenvalue weighted by atomic mass is 32.1. The molecule has 0 saturated carbocycles. The summed E-state index contributed by atoms with van der Waals surface area (Å²) in [5, 5.41) is 8.51. The van der Waals surface area contributed by atoms with Crippen molar-refractivity contribution in [2.45, 2.75) is 13.5 Å². The molecule has 0 fully saturated rings. The van der Waals surface area contributed by atoms with Crippen LogP contribution in [0.25, 0.3) is 4.96 Å². The molecule has 8 heteroatoms. The minimum atomic E-state index is 0.586. The number of anilines is 1. The van der Waals surface area contributed by atoms with Gasteiger partial charge in [-0.2, -0.15) is 0 Å². The van der Waals surface area contributed by atoms with E-state index >= 15 is 0 Å². The van der Waals surface area contributed by atoms with Gasteiger partial charge in [0.1, 0.15) is 0 Å². The Kier molecular flexibility index (Phi) is 5.39. The molecule has 0 radical (unpaired) electrons. The summed E-state index contributed by atoms with van der Waals surface area (Å²) in [5.41, 5.74) is 1.82. The van der Waals surface area contributed by atoms with E-state index in [4.69, 9.17) is 9.47 Å². The fourth-order valence-electron chi connectivity index (χ4n) is 2.37. The number of hydrogen-bond donors (Lipinski definition) is 2. The lowest BCUT2D eigenvalue weighted by Crippen LogP contribution is -2.30. The molecular weight excluding hydrogens is 338 g/mol. The maximum absolute atomic E-state index is 5.53. The molecule has 3 aromatic rings. The summed E-state index contributed by atoms with van der Waals surface area (Å²) in [5.74, 6) is 2.05. The topological polar surface area (TPSA) is 72.2 Å². The van der Waals surface area contributed by atoms with Gasteiger partial charge in [-0.15, -0.1) is 11.3 Å². The normalized spacial score (nSPS) is 11.6. The number of aromatic nitrogens is 2. The first-order valence-corrected chi connectivity index (χ1v) is 8.81. The highest BCUT2D eigenvalue weighted by molar-refractivity contribution is 7.15. The van der Waals surface area contributed by atoms with Crippen molar-refractivity contribution >= 4 is 27.9 Å². The number of nitrogens with zero attached hydrogens (tertiary/aromatic N) is 3. The Morgan fingerprint density at radius 1 is 1.36 bits per heavy atom. The van der Waals surface area contributed by atoms with Crippen molar-refractivity contribution in [2.75, 3.05) is 26.1 Å². The summed E-state index contributed by atoms with van der Waals surface area (Å²) >= 11 is 1.61. The van der Waals surface area contributed by atoms with Gasteiger partial charge in [0.2, 0.25) is 0 Å². The van der Waals surface area contributed by atoms with Crippen LogP contribution in [0.2, 0.25) is 0 Å². The van der Waals surface area contributed by atoms with Crippen LogP contribution in [0.4, 0.5) is 5.69 Å². The Balaban J connectivity index is 1.64. The number of ether oxygens (including phenoxy) is 2. The number of aliphatic imine (C=N–C) groups is 1. The number of nitrogens with one attached hydrogen (secondary N) is 2. The molecule has 0 aliphatic rings. The van der Waals surface area contributed by atoms with Gasteiger partial charge < -0.3 is 20.1 Å². The Labute approximate surface area is 150 Å². The molecule has 0 saturated heterocycles. The molecule has 1 aromatic carbocycles. The van der Waals surface area contributed by atoms with E-state index in [0.29, 0.717) is 24.9 Å². The molecule has 132 valence electrons. The third-order valence-electron chi connectivity index (χ3n) is 3.53. The van der Waals surface area contributed by atoms with Gasteiger partial charge in [0, 0.05) is 36.6 Å². The van der Waals surface area contributed by atoms with Crippen LogP contribution < -0.4 is 20.1 Å². The van der Waals surface area contributed by atoms with E-state index in [-0.39, 0.29) is 0 Å². The van der Waals surface area contributed by atoms with Crippen LogP contribution in [0.5, 0.6) is 11.5 Å². The maximum atomic E-state index is 5.53. The second kappa shape index (κ2) is 7.89. The highest BCUT2D eigenvalue weighted by Crippen LogP contribution is 2.30. The lowest BCUT2D eigenvalue weighted by Gasteiger charge is -2.14. The van der Waals surface area contributed by atoms with Crippen molar-refractivity contribution in [1.82, 2.24) is 14.7 Å². The minimum absolute atomic E-state index is 0.586. The zero-order chi connectivity index (χ0) is 17.6. The third kappa shape index (κ3) is 4.03. The molecule has 2 N–H and O–H groups in total. The Morgan fingerprint density at radius 3 is 2.96 bits per heavy atom. The molecule has 0 bridgehead atoms. The van der Waals surface area contributed by atoms with Crippen LogP contribution in [0.15, 0.2) is 41.0 Å². The smallest absolute Gasteiger partial charge is 0.195 e. The summed E-state index contributed by atoms with van der Waals surface area (Å²) in [7, 11) is 3.35. The van der Waals surface area contributed by atoms with Crippen molar-refractivity contribution in [3.05, 3.63) is 41.7 Å². The zero-order valence-corrected chi connectivity index (χ0v) is 15.3. The van der Waals surface area contributed by atoms with Gasteiger partial charge in [-0.3, -0.25) is 9.39 Å². The lowest BCUT2D eigenvalue weighted by molar-refractivity contribution is 0.311. The standard InChI is InChI=1S/C17H21N5O2S/c1-4-24-14-6-5-12(9-15(14)23-3)20-16(18-2)19-10-13-11-22-7-8-25-17(22)21-13/h5-9,11H,4,10H2,1-3H3,(H2,18,19,20). The third-order valence-corrected chi connectivity index (χ3v) is 4.30. The van der Waals surface area contributed by atoms with Crippen molar-refractivity contribution in [1.29, 1.82) is 0 Å². The van der Waals surface area contributed by atoms with Gasteiger partial charge in [-0.1, -0.05) is 0 Å². The summed E-state index contributed by atoms with van der Waals surface area (Å²) in [6.07, 6.45) is 4.00. The fraction of sp³-hybridized carbons (Fsp3) is 0.294. The number of methoxy groups -OCH3 is 1. The molecule has 0 aliphatic carbocycles. The van der Waals surface area contributed by atoms with E-state index in [0.717, 1.165) is 22.1 Å². The Morgan fingerprint density at radius 2 is 2.24 bits per heavy atom. The average Bonchev–Trinajstić information content (AvgIpc) is 3.21. The first-order chi connectivity index (χ1) is 12.2. The average molecular weight is 359 g/mol. The predicted molar refractivity (Wildman–Crippen MR) is 101 cm³/mol. The van der Waals surface area contributed by atoms with E-state index < -0.39 is 0 Å². The van der Waals surface area contributed by atoms with Crippen LogP contribution in [-0.4, -0.2) is 36.1 Å². The molecule has 0 atom stereocenters. The minimum Gasteiger partial charge on any atom is -0.493 e. The van der Waals surface area contributed by atoms with Gasteiger partial charge in [-0.25, -0.2) is 4.98 Å².